The number of anilines is 1. The molecule has 31 heavy (non-hydrogen) atoms. The second-order valence-electron chi connectivity index (χ2n) is 6.90. The van der Waals surface area contributed by atoms with E-state index in [1.807, 2.05) is 25.1 Å². The number of benzene rings is 1. The molecule has 1 N–H and O–H groups in total. The first kappa shape index (κ1) is 20.2. The maximum Gasteiger partial charge on any atom is 0.233 e. The number of amides is 1. The van der Waals surface area contributed by atoms with E-state index in [2.05, 4.69) is 26.5 Å². The van der Waals surface area contributed by atoms with E-state index in [1.165, 1.54) is 7.11 Å². The zero-order valence-electron chi connectivity index (χ0n) is 17.4. The van der Waals surface area contributed by atoms with Gasteiger partial charge in [0.05, 0.1) is 19.9 Å². The van der Waals surface area contributed by atoms with E-state index in [1.54, 1.807) is 23.9 Å². The van der Waals surface area contributed by atoms with Crippen LogP contribution in [0, 0.1) is 19.3 Å². The number of carbonyl (C=O) groups excluding carboxylic acids is 1. The summed E-state index contributed by atoms with van der Waals surface area (Å²) in [6.45, 7) is 2.01. The van der Waals surface area contributed by atoms with Gasteiger partial charge >= 0.3 is 0 Å². The zero-order chi connectivity index (χ0) is 22.0. The number of fused-ring (bicyclic) bond motifs is 1. The van der Waals surface area contributed by atoms with Gasteiger partial charge < -0.3 is 19.5 Å². The maximum absolute atomic E-state index is 12.6. The first-order valence-corrected chi connectivity index (χ1v) is 9.57. The summed E-state index contributed by atoms with van der Waals surface area (Å²) in [4.78, 5) is 12.6. The van der Waals surface area contributed by atoms with Crippen LogP contribution in [0.1, 0.15) is 29.2 Å². The molecular formula is C22H21N5O4. The minimum absolute atomic E-state index is 0.114. The Morgan fingerprint density at radius 1 is 1.19 bits per heavy atom. The van der Waals surface area contributed by atoms with Gasteiger partial charge in [-0.25, -0.2) is 0 Å². The van der Waals surface area contributed by atoms with Crippen LogP contribution < -0.4 is 19.5 Å². The van der Waals surface area contributed by atoms with Gasteiger partial charge in [-0.2, -0.15) is 9.78 Å². The van der Waals surface area contributed by atoms with Crippen molar-refractivity contribution in [2.24, 2.45) is 0 Å². The van der Waals surface area contributed by atoms with Crippen molar-refractivity contribution in [3.63, 3.8) is 0 Å². The second kappa shape index (κ2) is 8.36. The fraction of sp³-hybridized carbons (Fsp3) is 0.273. The summed E-state index contributed by atoms with van der Waals surface area (Å²) in [5, 5.41) is 15.7. The van der Waals surface area contributed by atoms with Gasteiger partial charge in [-0.15, -0.1) is 16.6 Å². The molecule has 3 heterocycles. The number of aryl methyl sites for hydroxylation is 1. The van der Waals surface area contributed by atoms with Crippen LogP contribution in [0.3, 0.4) is 0 Å². The first-order chi connectivity index (χ1) is 15.0. The summed E-state index contributed by atoms with van der Waals surface area (Å²) in [7, 11) is 3.08. The van der Waals surface area contributed by atoms with Crippen molar-refractivity contribution in [2.45, 2.75) is 19.3 Å². The van der Waals surface area contributed by atoms with Crippen molar-refractivity contribution in [2.75, 3.05) is 26.1 Å². The number of ether oxygens (including phenoxy) is 3. The third-order valence-corrected chi connectivity index (χ3v) is 5.06. The fourth-order valence-electron chi connectivity index (χ4n) is 3.67. The molecule has 1 aromatic carbocycles. The summed E-state index contributed by atoms with van der Waals surface area (Å²) in [6.07, 6.45) is 5.60. The lowest BCUT2D eigenvalue weighted by atomic mass is 9.85. The molecule has 1 atom stereocenters. The Bertz CT molecular complexity index is 1160. The van der Waals surface area contributed by atoms with Gasteiger partial charge in [-0.1, -0.05) is 12.0 Å². The lowest BCUT2D eigenvalue weighted by Gasteiger charge is -2.25. The van der Waals surface area contributed by atoms with Crippen molar-refractivity contribution in [1.82, 2.24) is 20.0 Å². The predicted octanol–water partition coefficient (Wildman–Crippen LogP) is 2.47. The zero-order valence-corrected chi connectivity index (χ0v) is 17.4. The molecule has 3 aromatic rings. The topological polar surface area (TPSA) is 100 Å². The molecule has 1 amide bonds. The van der Waals surface area contributed by atoms with Gasteiger partial charge in [-0.05, 0) is 30.7 Å². The number of nitrogens with zero attached hydrogens (tertiary/aromatic N) is 4. The van der Waals surface area contributed by atoms with Crippen LogP contribution in [0.4, 0.5) is 5.82 Å². The summed E-state index contributed by atoms with van der Waals surface area (Å²) in [5.74, 6) is 4.63. The average molecular weight is 419 g/mol. The molecule has 1 aliphatic rings. The molecule has 0 aliphatic carbocycles. The average Bonchev–Trinajstić information content (AvgIpc) is 3.13. The van der Waals surface area contributed by atoms with Crippen molar-refractivity contribution in [3.8, 4) is 35.5 Å². The Labute approximate surface area is 179 Å². The van der Waals surface area contributed by atoms with Crippen LogP contribution >= 0.6 is 0 Å². The van der Waals surface area contributed by atoms with Crippen molar-refractivity contribution in [1.29, 1.82) is 0 Å². The van der Waals surface area contributed by atoms with Gasteiger partial charge in [-0.3, -0.25) is 4.79 Å². The maximum atomic E-state index is 12.6. The number of carbonyl (C=O) groups is 1. The molecule has 0 bridgehead atoms. The number of aromatic nitrogens is 4. The summed E-state index contributed by atoms with van der Waals surface area (Å²) in [6, 6.07) is 8.99. The standard InChI is InChI=1S/C22H21N5O4/c1-5-10-31-17-11-14(6-7-16(17)29-3)15-12-19(28)23-22-21(15)13(2)26-27(22)18-8-9-20(30-4)25-24-18/h1,6-9,11,15H,10,12H2,2-4H3,(H,23,28). The summed E-state index contributed by atoms with van der Waals surface area (Å²) < 4.78 is 17.7. The highest BCUT2D eigenvalue weighted by molar-refractivity contribution is 5.95. The Kier molecular flexibility index (Phi) is 5.45. The molecule has 0 saturated heterocycles. The number of methoxy groups -OCH3 is 2. The monoisotopic (exact) mass is 419 g/mol. The van der Waals surface area contributed by atoms with Crippen LogP contribution in [0.5, 0.6) is 17.4 Å². The highest BCUT2D eigenvalue weighted by atomic mass is 16.5. The second-order valence-corrected chi connectivity index (χ2v) is 6.90. The van der Waals surface area contributed by atoms with Gasteiger partial charge in [0.15, 0.2) is 17.3 Å². The van der Waals surface area contributed by atoms with Crippen molar-refractivity contribution in [3.05, 3.63) is 47.2 Å². The molecule has 2 aromatic heterocycles. The van der Waals surface area contributed by atoms with E-state index >= 15 is 0 Å². The van der Waals surface area contributed by atoms with Crippen LogP contribution in [-0.2, 0) is 4.79 Å². The molecule has 9 nitrogen and oxygen atoms in total. The van der Waals surface area contributed by atoms with E-state index in [9.17, 15) is 4.79 Å². The van der Waals surface area contributed by atoms with Crippen LogP contribution in [0.2, 0.25) is 0 Å². The lowest BCUT2D eigenvalue weighted by molar-refractivity contribution is -0.116. The van der Waals surface area contributed by atoms with Crippen molar-refractivity contribution < 1.29 is 19.0 Å². The molecule has 0 fully saturated rings. The molecule has 0 saturated carbocycles. The number of hydrogen-bond acceptors (Lipinski definition) is 7. The predicted molar refractivity (Wildman–Crippen MR) is 113 cm³/mol. The van der Waals surface area contributed by atoms with Gasteiger partial charge in [0, 0.05) is 24.0 Å². The normalized spacial score (nSPS) is 14.9. The molecular weight excluding hydrogens is 398 g/mol. The molecule has 1 unspecified atom stereocenters. The lowest BCUT2D eigenvalue weighted by Crippen LogP contribution is -2.25. The molecule has 0 spiro atoms. The first-order valence-electron chi connectivity index (χ1n) is 9.57. The highest BCUT2D eigenvalue weighted by Gasteiger charge is 2.33. The Hall–Kier alpha value is -4.06. The Balaban J connectivity index is 1.79. The van der Waals surface area contributed by atoms with E-state index in [-0.39, 0.29) is 24.9 Å². The smallest absolute Gasteiger partial charge is 0.233 e. The van der Waals surface area contributed by atoms with Crippen molar-refractivity contribution >= 4 is 11.7 Å². The van der Waals surface area contributed by atoms with E-state index in [0.717, 1.165) is 16.8 Å². The SMILES string of the molecule is C#CCOc1cc(C2CC(=O)Nc3c2c(C)nn3-c2ccc(OC)nn2)ccc1OC. The highest BCUT2D eigenvalue weighted by Crippen LogP contribution is 2.42. The van der Waals surface area contributed by atoms with Crippen LogP contribution in [-0.4, -0.2) is 46.7 Å². The van der Waals surface area contributed by atoms with E-state index < -0.39 is 0 Å². The fourth-order valence-corrected chi connectivity index (χ4v) is 3.67. The molecule has 9 heteroatoms. The van der Waals surface area contributed by atoms with Gasteiger partial charge in [0.1, 0.15) is 12.4 Å². The Morgan fingerprint density at radius 2 is 2.03 bits per heavy atom. The largest absolute Gasteiger partial charge is 0.493 e. The van der Waals surface area contributed by atoms with E-state index in [4.69, 9.17) is 20.6 Å². The Morgan fingerprint density at radius 3 is 2.71 bits per heavy atom. The molecule has 0 radical (unpaired) electrons. The van der Waals surface area contributed by atoms with Gasteiger partial charge in [0.25, 0.3) is 0 Å². The van der Waals surface area contributed by atoms with Crippen LogP contribution in [0.15, 0.2) is 30.3 Å². The minimum Gasteiger partial charge on any atom is -0.493 e. The quantitative estimate of drug-likeness (QED) is 0.613. The van der Waals surface area contributed by atoms with E-state index in [0.29, 0.717) is 29.0 Å². The number of nitrogens with one attached hydrogen (secondary N) is 1. The molecule has 4 rings (SSSR count). The number of hydrogen-bond donors (Lipinski definition) is 1. The molecule has 1 aliphatic heterocycles. The third-order valence-electron chi connectivity index (χ3n) is 5.06. The van der Waals surface area contributed by atoms with Gasteiger partial charge in [0.2, 0.25) is 11.8 Å². The van der Waals surface area contributed by atoms with Crippen LogP contribution in [0.25, 0.3) is 5.82 Å². The number of rotatable bonds is 6. The number of terminal acetylenes is 1. The molecule has 158 valence electrons. The summed E-state index contributed by atoms with van der Waals surface area (Å²) in [5.41, 5.74) is 2.58. The minimum atomic E-state index is -0.220. The third kappa shape index (κ3) is 3.75. The summed E-state index contributed by atoms with van der Waals surface area (Å²) >= 11 is 0.